The quantitative estimate of drug-likeness (QED) is 0.710. The van der Waals surface area contributed by atoms with E-state index in [0.717, 1.165) is 18.2 Å². The molecule has 76 valence electrons. The summed E-state index contributed by atoms with van der Waals surface area (Å²) in [5.41, 5.74) is -0.329. The van der Waals surface area contributed by atoms with E-state index in [1.807, 2.05) is 0 Å². The van der Waals surface area contributed by atoms with E-state index in [4.69, 9.17) is 4.42 Å². The van der Waals surface area contributed by atoms with Crippen molar-refractivity contribution in [2.45, 2.75) is 0 Å². The first-order chi connectivity index (χ1) is 7.18. The molecule has 2 rings (SSSR count). The Morgan fingerprint density at radius 3 is 2.67 bits per heavy atom. The number of rotatable bonds is 2. The van der Waals surface area contributed by atoms with Crippen molar-refractivity contribution < 1.29 is 18.0 Å². The molecule has 1 aromatic heterocycles. The smallest absolute Gasteiger partial charge is 0.231 e. The van der Waals surface area contributed by atoms with Crippen LogP contribution in [0.4, 0.5) is 8.78 Å². The van der Waals surface area contributed by atoms with Crippen molar-refractivity contribution in [3.05, 3.63) is 59.6 Å². The van der Waals surface area contributed by atoms with Crippen LogP contribution < -0.4 is 0 Å². The van der Waals surface area contributed by atoms with Crippen molar-refractivity contribution in [1.82, 2.24) is 0 Å². The summed E-state index contributed by atoms with van der Waals surface area (Å²) in [6, 6.07) is 5.61. The Hall–Kier alpha value is -1.97. The van der Waals surface area contributed by atoms with Crippen molar-refractivity contribution in [3.8, 4) is 0 Å². The minimum Gasteiger partial charge on any atom is -0.461 e. The molecule has 0 radical (unpaired) electrons. The topological polar surface area (TPSA) is 30.2 Å². The Morgan fingerprint density at radius 2 is 2.00 bits per heavy atom. The molecule has 1 aromatic carbocycles. The van der Waals surface area contributed by atoms with Gasteiger partial charge in [-0.1, -0.05) is 0 Å². The molecule has 0 saturated heterocycles. The van der Waals surface area contributed by atoms with E-state index in [1.54, 1.807) is 0 Å². The van der Waals surface area contributed by atoms with E-state index >= 15 is 0 Å². The van der Waals surface area contributed by atoms with Crippen LogP contribution >= 0.6 is 0 Å². The highest BCUT2D eigenvalue weighted by Gasteiger charge is 2.16. The van der Waals surface area contributed by atoms with E-state index in [-0.39, 0.29) is 11.3 Å². The first kappa shape index (κ1) is 9.58. The van der Waals surface area contributed by atoms with Gasteiger partial charge in [0, 0.05) is 0 Å². The summed E-state index contributed by atoms with van der Waals surface area (Å²) in [6.07, 6.45) is 1.30. The normalized spacial score (nSPS) is 10.3. The molecule has 0 bridgehead atoms. The zero-order chi connectivity index (χ0) is 10.8. The number of furan rings is 1. The Kier molecular flexibility index (Phi) is 2.33. The molecule has 1 heterocycles. The van der Waals surface area contributed by atoms with Crippen LogP contribution in [-0.2, 0) is 0 Å². The summed E-state index contributed by atoms with van der Waals surface area (Å²) in [6.45, 7) is 0. The van der Waals surface area contributed by atoms with Gasteiger partial charge >= 0.3 is 0 Å². The lowest BCUT2D eigenvalue weighted by molar-refractivity contribution is 0.100. The summed E-state index contributed by atoms with van der Waals surface area (Å²) < 4.78 is 30.8. The van der Waals surface area contributed by atoms with Gasteiger partial charge in [-0.05, 0) is 30.3 Å². The second-order valence-corrected chi connectivity index (χ2v) is 2.93. The molecule has 2 nitrogen and oxygen atoms in total. The fourth-order valence-corrected chi connectivity index (χ4v) is 1.21. The van der Waals surface area contributed by atoms with Crippen LogP contribution in [0.1, 0.15) is 16.1 Å². The molecule has 0 aliphatic heterocycles. The third-order valence-corrected chi connectivity index (χ3v) is 1.92. The van der Waals surface area contributed by atoms with Crippen molar-refractivity contribution in [1.29, 1.82) is 0 Å². The van der Waals surface area contributed by atoms with Crippen molar-refractivity contribution in [2.24, 2.45) is 0 Å². The van der Waals surface area contributed by atoms with Crippen LogP contribution in [0.25, 0.3) is 0 Å². The van der Waals surface area contributed by atoms with E-state index in [0.29, 0.717) is 0 Å². The number of ketones is 1. The lowest BCUT2D eigenvalue weighted by Gasteiger charge is -1.99. The first-order valence-electron chi connectivity index (χ1n) is 4.22. The maximum absolute atomic E-state index is 13.2. The minimum atomic E-state index is -0.766. The molecule has 0 aliphatic rings. The third kappa shape index (κ3) is 1.79. The second kappa shape index (κ2) is 3.65. The highest BCUT2D eigenvalue weighted by molar-refractivity contribution is 6.07. The van der Waals surface area contributed by atoms with Gasteiger partial charge < -0.3 is 4.42 Å². The zero-order valence-corrected chi connectivity index (χ0v) is 7.54. The van der Waals surface area contributed by atoms with Crippen LogP contribution in [-0.4, -0.2) is 5.78 Å². The monoisotopic (exact) mass is 208 g/mol. The van der Waals surface area contributed by atoms with E-state index < -0.39 is 17.4 Å². The molecular formula is C11H6F2O2. The van der Waals surface area contributed by atoms with Gasteiger partial charge in [0.05, 0.1) is 11.8 Å². The van der Waals surface area contributed by atoms with Crippen molar-refractivity contribution in [2.75, 3.05) is 0 Å². The van der Waals surface area contributed by atoms with Crippen LogP contribution in [0.15, 0.2) is 41.0 Å². The van der Waals surface area contributed by atoms with Crippen molar-refractivity contribution in [3.63, 3.8) is 0 Å². The average Bonchev–Trinajstić information content (AvgIpc) is 2.74. The number of hydrogen-bond donors (Lipinski definition) is 0. The molecule has 0 N–H and O–H groups in total. The fraction of sp³-hybridized carbons (Fsp3) is 0. The molecule has 0 fully saturated rings. The summed E-state index contributed by atoms with van der Waals surface area (Å²) in [4.78, 5) is 11.6. The Bertz CT molecular complexity index is 489. The van der Waals surface area contributed by atoms with E-state index in [1.165, 1.54) is 18.4 Å². The Morgan fingerprint density at radius 1 is 1.20 bits per heavy atom. The van der Waals surface area contributed by atoms with Crippen LogP contribution in [0.2, 0.25) is 0 Å². The van der Waals surface area contributed by atoms with Gasteiger partial charge in [0.2, 0.25) is 5.78 Å². The molecule has 0 unspecified atom stereocenters. The van der Waals surface area contributed by atoms with Gasteiger partial charge in [0.25, 0.3) is 0 Å². The fourth-order valence-electron chi connectivity index (χ4n) is 1.21. The van der Waals surface area contributed by atoms with Gasteiger partial charge in [-0.15, -0.1) is 0 Å². The maximum atomic E-state index is 13.2. The minimum absolute atomic E-state index is 0.0144. The Labute approximate surface area is 84.1 Å². The van der Waals surface area contributed by atoms with E-state index in [2.05, 4.69) is 0 Å². The number of halogens is 2. The highest BCUT2D eigenvalue weighted by Crippen LogP contribution is 2.15. The highest BCUT2D eigenvalue weighted by atomic mass is 19.1. The lowest BCUT2D eigenvalue weighted by Crippen LogP contribution is -2.03. The molecular weight excluding hydrogens is 202 g/mol. The van der Waals surface area contributed by atoms with Crippen LogP contribution in [0.5, 0.6) is 0 Å². The summed E-state index contributed by atoms with van der Waals surface area (Å²) in [7, 11) is 0. The summed E-state index contributed by atoms with van der Waals surface area (Å²) in [5, 5.41) is 0. The molecule has 0 spiro atoms. The molecule has 0 amide bonds. The van der Waals surface area contributed by atoms with Gasteiger partial charge in [-0.3, -0.25) is 4.79 Å². The molecule has 4 heteroatoms. The van der Waals surface area contributed by atoms with Crippen molar-refractivity contribution >= 4 is 5.78 Å². The average molecular weight is 208 g/mol. The zero-order valence-electron chi connectivity index (χ0n) is 7.54. The second-order valence-electron chi connectivity index (χ2n) is 2.93. The van der Waals surface area contributed by atoms with Crippen LogP contribution in [0.3, 0.4) is 0 Å². The standard InChI is InChI=1S/C11H6F2O2/c12-7-3-4-9(13)8(6-7)11(14)10-2-1-5-15-10/h1-6H. The number of hydrogen-bond acceptors (Lipinski definition) is 2. The maximum Gasteiger partial charge on any atom is 0.231 e. The largest absolute Gasteiger partial charge is 0.461 e. The van der Waals surface area contributed by atoms with Gasteiger partial charge in [-0.2, -0.15) is 0 Å². The lowest BCUT2D eigenvalue weighted by atomic mass is 10.1. The molecule has 2 aromatic rings. The molecule has 15 heavy (non-hydrogen) atoms. The van der Waals surface area contributed by atoms with E-state index in [9.17, 15) is 13.6 Å². The molecule has 0 atom stereocenters. The number of benzene rings is 1. The van der Waals surface area contributed by atoms with Gasteiger partial charge in [-0.25, -0.2) is 8.78 Å². The SMILES string of the molecule is O=C(c1ccco1)c1cc(F)ccc1F. The summed E-state index contributed by atoms with van der Waals surface area (Å²) in [5.74, 6) is -2.11. The molecule has 0 saturated carbocycles. The first-order valence-corrected chi connectivity index (χ1v) is 4.22. The number of carbonyl (C=O) groups excluding carboxylic acids is 1. The van der Waals surface area contributed by atoms with Crippen LogP contribution in [0, 0.1) is 11.6 Å². The summed E-state index contributed by atoms with van der Waals surface area (Å²) >= 11 is 0. The van der Waals surface area contributed by atoms with Gasteiger partial charge in [0.15, 0.2) is 5.76 Å². The predicted octanol–water partition coefficient (Wildman–Crippen LogP) is 2.79. The number of carbonyl (C=O) groups is 1. The van der Waals surface area contributed by atoms with Gasteiger partial charge in [0.1, 0.15) is 11.6 Å². The third-order valence-electron chi connectivity index (χ3n) is 1.92. The Balaban J connectivity index is 2.46. The molecule has 0 aliphatic carbocycles. The predicted molar refractivity (Wildman–Crippen MR) is 48.5 cm³/mol.